The van der Waals surface area contributed by atoms with Crippen LogP contribution in [-0.2, 0) is 6.54 Å². The van der Waals surface area contributed by atoms with Gasteiger partial charge in [-0.3, -0.25) is 0 Å². The topological polar surface area (TPSA) is 38.0 Å². The van der Waals surface area contributed by atoms with E-state index < -0.39 is 0 Å². The van der Waals surface area contributed by atoms with Crippen LogP contribution in [0.25, 0.3) is 0 Å². The normalized spacial score (nSPS) is 12.7. The highest BCUT2D eigenvalue weighted by molar-refractivity contribution is 6.38. The summed E-state index contributed by atoms with van der Waals surface area (Å²) in [4.78, 5) is 0. The summed E-state index contributed by atoms with van der Waals surface area (Å²) in [6.07, 6.45) is 3.66. The van der Waals surface area contributed by atoms with Crippen molar-refractivity contribution in [1.82, 2.24) is 5.32 Å². The van der Waals surface area contributed by atoms with E-state index in [1.54, 1.807) is 0 Å². The molecule has 96 valence electrons. The number of benzene rings is 1. The number of nitrogens with one attached hydrogen (secondary N) is 1. The van der Waals surface area contributed by atoms with Gasteiger partial charge in [-0.05, 0) is 31.0 Å². The molecule has 3 N–H and O–H groups in total. The van der Waals surface area contributed by atoms with E-state index in [9.17, 15) is 0 Å². The SMILES string of the molecule is CCCCC(C)NCc1cc(Cl)c(N)c(Cl)c1. The number of nitrogen functional groups attached to an aromatic ring is 1. The van der Waals surface area contributed by atoms with E-state index in [4.69, 9.17) is 28.9 Å². The summed E-state index contributed by atoms with van der Waals surface area (Å²) >= 11 is 12.0. The van der Waals surface area contributed by atoms with Crippen LogP contribution in [0.15, 0.2) is 12.1 Å². The number of unbranched alkanes of at least 4 members (excludes halogenated alkanes) is 1. The van der Waals surface area contributed by atoms with Crippen LogP contribution in [0.5, 0.6) is 0 Å². The van der Waals surface area contributed by atoms with Gasteiger partial charge in [-0.1, -0.05) is 43.0 Å². The smallest absolute Gasteiger partial charge is 0.0693 e. The summed E-state index contributed by atoms with van der Waals surface area (Å²) in [5, 5.41) is 4.50. The Balaban J connectivity index is 2.52. The summed E-state index contributed by atoms with van der Waals surface area (Å²) in [6.45, 7) is 5.16. The van der Waals surface area contributed by atoms with Gasteiger partial charge in [-0.25, -0.2) is 0 Å². The number of anilines is 1. The molecule has 0 aliphatic carbocycles. The minimum atomic E-state index is 0.455. The van der Waals surface area contributed by atoms with Crippen molar-refractivity contribution >= 4 is 28.9 Å². The Morgan fingerprint density at radius 1 is 1.29 bits per heavy atom. The summed E-state index contributed by atoms with van der Waals surface area (Å²) in [7, 11) is 0. The molecule has 1 aromatic carbocycles. The predicted octanol–water partition coefficient (Wildman–Crippen LogP) is 4.24. The number of halogens is 2. The van der Waals surface area contributed by atoms with Gasteiger partial charge in [0.15, 0.2) is 0 Å². The predicted molar refractivity (Wildman–Crippen MR) is 76.7 cm³/mol. The van der Waals surface area contributed by atoms with Crippen molar-refractivity contribution in [1.29, 1.82) is 0 Å². The van der Waals surface area contributed by atoms with Crippen molar-refractivity contribution < 1.29 is 0 Å². The molecule has 0 amide bonds. The number of nitrogens with two attached hydrogens (primary N) is 1. The molecule has 0 aliphatic heterocycles. The van der Waals surface area contributed by atoms with Gasteiger partial charge in [0.25, 0.3) is 0 Å². The molecule has 0 heterocycles. The van der Waals surface area contributed by atoms with Crippen LogP contribution in [0.2, 0.25) is 10.0 Å². The minimum Gasteiger partial charge on any atom is -0.396 e. The molecule has 0 saturated carbocycles. The Kier molecular flexibility index (Phi) is 6.10. The Morgan fingerprint density at radius 2 is 1.88 bits per heavy atom. The van der Waals surface area contributed by atoms with Crippen molar-refractivity contribution in [2.45, 2.75) is 45.7 Å². The van der Waals surface area contributed by atoms with Gasteiger partial charge in [-0.15, -0.1) is 0 Å². The molecule has 0 radical (unpaired) electrons. The molecule has 1 rings (SSSR count). The second-order valence-corrected chi connectivity index (χ2v) is 5.21. The second-order valence-electron chi connectivity index (χ2n) is 4.40. The van der Waals surface area contributed by atoms with E-state index >= 15 is 0 Å². The van der Waals surface area contributed by atoms with E-state index in [-0.39, 0.29) is 0 Å². The lowest BCUT2D eigenvalue weighted by molar-refractivity contribution is 0.495. The average Bonchev–Trinajstić information content (AvgIpc) is 2.30. The highest BCUT2D eigenvalue weighted by Gasteiger charge is 2.06. The van der Waals surface area contributed by atoms with Gasteiger partial charge >= 0.3 is 0 Å². The quantitative estimate of drug-likeness (QED) is 0.762. The molecular weight excluding hydrogens is 255 g/mol. The highest BCUT2D eigenvalue weighted by atomic mass is 35.5. The largest absolute Gasteiger partial charge is 0.396 e. The molecule has 0 fully saturated rings. The summed E-state index contributed by atoms with van der Waals surface area (Å²) in [6, 6.07) is 4.23. The van der Waals surface area contributed by atoms with Crippen LogP contribution < -0.4 is 11.1 Å². The van der Waals surface area contributed by atoms with E-state index in [0.29, 0.717) is 21.8 Å². The third kappa shape index (κ3) is 4.74. The molecule has 0 aliphatic rings. The van der Waals surface area contributed by atoms with Gasteiger partial charge in [0.2, 0.25) is 0 Å². The number of rotatable bonds is 6. The zero-order chi connectivity index (χ0) is 12.8. The van der Waals surface area contributed by atoms with E-state index in [2.05, 4.69) is 19.2 Å². The molecule has 0 bridgehead atoms. The van der Waals surface area contributed by atoms with Crippen LogP contribution in [0, 0.1) is 0 Å². The van der Waals surface area contributed by atoms with Gasteiger partial charge in [0.05, 0.1) is 15.7 Å². The van der Waals surface area contributed by atoms with Crippen LogP contribution in [-0.4, -0.2) is 6.04 Å². The maximum Gasteiger partial charge on any atom is 0.0693 e. The first kappa shape index (κ1) is 14.6. The molecule has 0 saturated heterocycles. The first-order chi connectivity index (χ1) is 8.04. The van der Waals surface area contributed by atoms with Crippen LogP contribution in [0.4, 0.5) is 5.69 Å². The average molecular weight is 275 g/mol. The fraction of sp³-hybridized carbons (Fsp3) is 0.538. The Bertz CT molecular complexity index is 343. The Morgan fingerprint density at radius 3 is 2.41 bits per heavy atom. The summed E-state index contributed by atoms with van der Waals surface area (Å²) in [5.41, 5.74) is 7.21. The highest BCUT2D eigenvalue weighted by Crippen LogP contribution is 2.28. The summed E-state index contributed by atoms with van der Waals surface area (Å²) < 4.78 is 0. The van der Waals surface area contributed by atoms with E-state index in [1.165, 1.54) is 19.3 Å². The molecule has 17 heavy (non-hydrogen) atoms. The number of hydrogen-bond donors (Lipinski definition) is 2. The van der Waals surface area contributed by atoms with E-state index in [0.717, 1.165) is 12.1 Å². The van der Waals surface area contributed by atoms with Crippen LogP contribution >= 0.6 is 23.2 Å². The van der Waals surface area contributed by atoms with Gasteiger partial charge < -0.3 is 11.1 Å². The summed E-state index contributed by atoms with van der Waals surface area (Å²) in [5.74, 6) is 0. The molecule has 1 atom stereocenters. The van der Waals surface area contributed by atoms with Gasteiger partial charge in [-0.2, -0.15) is 0 Å². The zero-order valence-corrected chi connectivity index (χ0v) is 11.9. The van der Waals surface area contributed by atoms with Gasteiger partial charge in [0.1, 0.15) is 0 Å². The molecule has 1 aromatic rings. The Labute approximate surface area is 113 Å². The first-order valence-electron chi connectivity index (χ1n) is 6.01. The molecule has 0 spiro atoms. The fourth-order valence-corrected chi connectivity index (χ4v) is 2.18. The first-order valence-corrected chi connectivity index (χ1v) is 6.77. The van der Waals surface area contributed by atoms with Crippen molar-refractivity contribution in [3.63, 3.8) is 0 Å². The van der Waals surface area contributed by atoms with Crippen LogP contribution in [0.1, 0.15) is 38.7 Å². The zero-order valence-electron chi connectivity index (χ0n) is 10.4. The molecule has 4 heteroatoms. The molecular formula is C13H20Cl2N2. The van der Waals surface area contributed by atoms with Crippen molar-refractivity contribution in [2.75, 3.05) is 5.73 Å². The van der Waals surface area contributed by atoms with Crippen molar-refractivity contribution in [2.24, 2.45) is 0 Å². The maximum atomic E-state index is 5.98. The Hall–Kier alpha value is -0.440. The molecule has 0 aromatic heterocycles. The third-order valence-corrected chi connectivity index (χ3v) is 3.41. The lowest BCUT2D eigenvalue weighted by atomic mass is 10.1. The van der Waals surface area contributed by atoms with E-state index in [1.807, 2.05) is 12.1 Å². The lowest BCUT2D eigenvalue weighted by Gasteiger charge is -2.14. The molecule has 2 nitrogen and oxygen atoms in total. The standard InChI is InChI=1S/C13H20Cl2N2/c1-3-4-5-9(2)17-8-10-6-11(14)13(16)12(15)7-10/h6-7,9,17H,3-5,8,16H2,1-2H3. The minimum absolute atomic E-state index is 0.455. The molecule has 1 unspecified atom stereocenters. The fourth-order valence-electron chi connectivity index (χ4n) is 1.64. The maximum absolute atomic E-state index is 5.98. The second kappa shape index (κ2) is 7.10. The van der Waals surface area contributed by atoms with Crippen LogP contribution in [0.3, 0.4) is 0 Å². The van der Waals surface area contributed by atoms with Crippen molar-refractivity contribution in [3.8, 4) is 0 Å². The number of hydrogen-bond acceptors (Lipinski definition) is 2. The monoisotopic (exact) mass is 274 g/mol. The lowest BCUT2D eigenvalue weighted by Crippen LogP contribution is -2.25. The van der Waals surface area contributed by atoms with Crippen molar-refractivity contribution in [3.05, 3.63) is 27.7 Å². The van der Waals surface area contributed by atoms with Gasteiger partial charge in [0, 0.05) is 12.6 Å². The third-order valence-electron chi connectivity index (χ3n) is 2.78.